The summed E-state index contributed by atoms with van der Waals surface area (Å²) >= 11 is 0. The van der Waals surface area contributed by atoms with E-state index in [-0.39, 0.29) is 31.5 Å². The molecule has 0 rings (SSSR count). The van der Waals surface area contributed by atoms with Crippen molar-refractivity contribution in [2.75, 3.05) is 40.9 Å². The SMILES string of the molecule is CC/C=C/C/C=C/CCCCCCCCCC(=O)OC(/C=C/CCCCCCCCCCC)C(COP(=O)(O)OCC[N+](C)(C)C)NC(=O)CCCCCC/C=C\C/C=C\C/C=C\CCCCC. The van der Waals surface area contributed by atoms with Gasteiger partial charge in [-0.3, -0.25) is 18.6 Å². The Morgan fingerprint density at radius 3 is 1.44 bits per heavy atom. The highest BCUT2D eigenvalue weighted by molar-refractivity contribution is 7.47. The summed E-state index contributed by atoms with van der Waals surface area (Å²) in [5.41, 5.74) is 0. The van der Waals surface area contributed by atoms with Crippen LogP contribution in [-0.2, 0) is 27.9 Å². The topological polar surface area (TPSA) is 111 Å². The fraction of sp³-hybridized carbons (Fsp3) is 0.759. The molecule has 0 bridgehead atoms. The van der Waals surface area contributed by atoms with Crippen molar-refractivity contribution in [3.63, 3.8) is 0 Å². The zero-order chi connectivity index (χ0) is 50.1. The number of likely N-dealkylation sites (N-methyl/N-ethyl adjacent to an activating group) is 1. The van der Waals surface area contributed by atoms with E-state index in [4.69, 9.17) is 13.8 Å². The van der Waals surface area contributed by atoms with Crippen LogP contribution < -0.4 is 5.32 Å². The molecular weight excluding hydrogens is 868 g/mol. The van der Waals surface area contributed by atoms with Crippen LogP contribution in [0.2, 0.25) is 0 Å². The van der Waals surface area contributed by atoms with E-state index in [9.17, 15) is 19.0 Å². The summed E-state index contributed by atoms with van der Waals surface area (Å²) in [5.74, 6) is -0.544. The second-order valence-electron chi connectivity index (χ2n) is 19.7. The molecule has 0 aliphatic carbocycles. The molecule has 0 aromatic rings. The number of hydrogen-bond donors (Lipinski definition) is 2. The number of amides is 1. The summed E-state index contributed by atoms with van der Waals surface area (Å²) in [6, 6.07) is -0.864. The van der Waals surface area contributed by atoms with Gasteiger partial charge in [0.1, 0.15) is 19.3 Å². The first-order valence-electron chi connectivity index (χ1n) is 27.8. The minimum absolute atomic E-state index is 0.0316. The number of unbranched alkanes of at least 4 members (excludes halogenated alkanes) is 23. The number of hydrogen-bond acceptors (Lipinski definition) is 6. The Morgan fingerprint density at radius 2 is 0.941 bits per heavy atom. The average molecular weight is 974 g/mol. The van der Waals surface area contributed by atoms with Gasteiger partial charge in [-0.15, -0.1) is 0 Å². The first-order valence-corrected chi connectivity index (χ1v) is 29.3. The highest BCUT2D eigenvalue weighted by Crippen LogP contribution is 2.43. The van der Waals surface area contributed by atoms with Gasteiger partial charge >= 0.3 is 13.8 Å². The molecule has 3 atom stereocenters. The Hall–Kier alpha value is -2.55. The highest BCUT2D eigenvalue weighted by atomic mass is 31.2. The molecule has 0 spiro atoms. The second kappa shape index (κ2) is 48.1. The van der Waals surface area contributed by atoms with Gasteiger partial charge in [0.25, 0.3) is 0 Å². The molecule has 0 heterocycles. The number of esters is 1. The standard InChI is InChI=1S/C58H105N2O7P/c1-7-10-13-16-19-22-25-27-29-30-31-32-35-38-41-44-47-50-57(61)59-55(54-66-68(63,64)65-53-52-60(4,5)6)56(49-46-43-40-37-34-24-21-18-15-12-9-3)67-58(62)51-48-45-42-39-36-33-28-26-23-20-17-14-11-8-2/h11,14,19-20,22-23,27,29,31-32,46,49,55-56H,7-10,12-13,15-18,21,24-26,28,30,33-45,47-48,50-54H2,1-6H3,(H-,59,61,63,64)/p+1/b14-11+,22-19-,23-20+,29-27-,32-31-,49-46+. The Balaban J connectivity index is 5.40. The smallest absolute Gasteiger partial charge is 0.456 e. The van der Waals surface area contributed by atoms with Crippen molar-refractivity contribution >= 4 is 19.7 Å². The molecule has 0 saturated heterocycles. The molecule has 68 heavy (non-hydrogen) atoms. The lowest BCUT2D eigenvalue weighted by Crippen LogP contribution is -2.47. The van der Waals surface area contributed by atoms with Crippen LogP contribution in [0, 0.1) is 0 Å². The number of nitrogens with one attached hydrogen (secondary N) is 1. The second-order valence-corrected chi connectivity index (χ2v) is 21.2. The molecule has 10 heteroatoms. The fourth-order valence-electron chi connectivity index (χ4n) is 7.57. The predicted octanol–water partition coefficient (Wildman–Crippen LogP) is 16.5. The van der Waals surface area contributed by atoms with Crippen molar-refractivity contribution in [1.29, 1.82) is 0 Å². The molecule has 0 fully saturated rings. The fourth-order valence-corrected chi connectivity index (χ4v) is 8.31. The number of allylic oxidation sites excluding steroid dienone is 11. The van der Waals surface area contributed by atoms with Gasteiger partial charge in [-0.2, -0.15) is 0 Å². The van der Waals surface area contributed by atoms with Gasteiger partial charge in [-0.1, -0.05) is 197 Å². The normalized spacial score (nSPS) is 14.4. The Kier molecular flexibility index (Phi) is 46.3. The van der Waals surface area contributed by atoms with E-state index in [1.54, 1.807) is 0 Å². The quantitative estimate of drug-likeness (QED) is 0.0205. The van der Waals surface area contributed by atoms with Crippen molar-refractivity contribution in [2.24, 2.45) is 0 Å². The van der Waals surface area contributed by atoms with Crippen LogP contribution in [0.15, 0.2) is 72.9 Å². The number of ether oxygens (including phenoxy) is 1. The van der Waals surface area contributed by atoms with E-state index in [0.717, 1.165) is 109 Å². The van der Waals surface area contributed by atoms with Gasteiger partial charge < -0.3 is 19.4 Å². The zero-order valence-corrected chi connectivity index (χ0v) is 45.7. The lowest BCUT2D eigenvalue weighted by Gasteiger charge is -2.27. The minimum atomic E-state index is -4.45. The number of carbonyl (C=O) groups excluding carboxylic acids is 2. The highest BCUT2D eigenvalue weighted by Gasteiger charge is 2.30. The van der Waals surface area contributed by atoms with Gasteiger partial charge in [0.15, 0.2) is 0 Å². The molecule has 3 unspecified atom stereocenters. The Morgan fingerprint density at radius 1 is 0.529 bits per heavy atom. The maximum Gasteiger partial charge on any atom is 0.472 e. The lowest BCUT2D eigenvalue weighted by atomic mass is 10.1. The van der Waals surface area contributed by atoms with Crippen LogP contribution in [0.5, 0.6) is 0 Å². The molecule has 9 nitrogen and oxygen atoms in total. The molecule has 0 aliphatic rings. The van der Waals surface area contributed by atoms with E-state index < -0.39 is 20.0 Å². The number of nitrogens with zero attached hydrogens (tertiary/aromatic N) is 1. The van der Waals surface area contributed by atoms with Gasteiger partial charge in [-0.05, 0) is 96.0 Å². The van der Waals surface area contributed by atoms with Crippen molar-refractivity contribution in [3.05, 3.63) is 72.9 Å². The zero-order valence-electron chi connectivity index (χ0n) is 44.8. The number of quaternary nitrogens is 1. The summed E-state index contributed by atoms with van der Waals surface area (Å²) in [5, 5.41) is 3.03. The third-order valence-electron chi connectivity index (χ3n) is 11.9. The number of phosphoric ester groups is 1. The molecule has 394 valence electrons. The van der Waals surface area contributed by atoms with Crippen molar-refractivity contribution in [3.8, 4) is 0 Å². The van der Waals surface area contributed by atoms with Gasteiger partial charge in [-0.25, -0.2) is 4.57 Å². The summed E-state index contributed by atoms with van der Waals surface area (Å²) in [6.07, 6.45) is 60.4. The molecule has 0 aromatic carbocycles. The predicted molar refractivity (Wildman–Crippen MR) is 291 cm³/mol. The molecule has 0 aromatic heterocycles. The Labute approximate surface area is 419 Å². The van der Waals surface area contributed by atoms with Crippen LogP contribution in [0.1, 0.15) is 233 Å². The number of phosphoric acid groups is 1. The van der Waals surface area contributed by atoms with Crippen molar-refractivity contribution in [1.82, 2.24) is 5.32 Å². The first-order chi connectivity index (χ1) is 32.9. The maximum atomic E-state index is 13.5. The monoisotopic (exact) mass is 974 g/mol. The lowest BCUT2D eigenvalue weighted by molar-refractivity contribution is -0.870. The number of carbonyl (C=O) groups is 2. The van der Waals surface area contributed by atoms with Gasteiger partial charge in [0, 0.05) is 12.8 Å². The Bertz CT molecular complexity index is 1400. The van der Waals surface area contributed by atoms with Crippen LogP contribution in [0.25, 0.3) is 0 Å². The van der Waals surface area contributed by atoms with Crippen LogP contribution in [-0.4, -0.2) is 74.3 Å². The van der Waals surface area contributed by atoms with E-state index in [1.165, 1.54) is 89.9 Å². The molecule has 0 saturated carbocycles. The van der Waals surface area contributed by atoms with E-state index in [2.05, 4.69) is 86.8 Å². The molecule has 0 radical (unpaired) electrons. The third kappa shape index (κ3) is 48.5. The molecule has 0 aliphatic heterocycles. The third-order valence-corrected chi connectivity index (χ3v) is 12.9. The van der Waals surface area contributed by atoms with Crippen molar-refractivity contribution in [2.45, 2.75) is 245 Å². The summed E-state index contributed by atoms with van der Waals surface area (Å²) in [6.45, 7) is 6.83. The van der Waals surface area contributed by atoms with Crippen molar-refractivity contribution < 1.29 is 37.3 Å². The minimum Gasteiger partial charge on any atom is -0.456 e. The molecule has 2 N–H and O–H groups in total. The summed E-state index contributed by atoms with van der Waals surface area (Å²) in [7, 11) is 1.47. The summed E-state index contributed by atoms with van der Waals surface area (Å²) < 4.78 is 30.5. The van der Waals surface area contributed by atoms with Gasteiger partial charge in [0.05, 0.1) is 33.8 Å². The van der Waals surface area contributed by atoms with E-state index in [0.29, 0.717) is 17.4 Å². The van der Waals surface area contributed by atoms with Gasteiger partial charge in [0.2, 0.25) is 5.91 Å². The number of rotatable bonds is 49. The van der Waals surface area contributed by atoms with Crippen LogP contribution in [0.3, 0.4) is 0 Å². The largest absolute Gasteiger partial charge is 0.472 e. The van der Waals surface area contributed by atoms with Crippen LogP contribution >= 0.6 is 7.82 Å². The van der Waals surface area contributed by atoms with Crippen LogP contribution in [0.4, 0.5) is 0 Å². The van der Waals surface area contributed by atoms with E-state index in [1.807, 2.05) is 33.3 Å². The first kappa shape index (κ1) is 65.5. The molecule has 1 amide bonds. The maximum absolute atomic E-state index is 13.5. The summed E-state index contributed by atoms with van der Waals surface area (Å²) in [4.78, 5) is 37.5. The average Bonchev–Trinajstić information content (AvgIpc) is 3.29. The van der Waals surface area contributed by atoms with E-state index >= 15 is 0 Å². The molecular formula is C58H106N2O7P+.